The van der Waals surface area contributed by atoms with Crippen LogP contribution in [0.1, 0.15) is 48.8 Å². The highest BCUT2D eigenvalue weighted by molar-refractivity contribution is 5.95. The number of fused-ring (bicyclic) bond motifs is 2. The summed E-state index contributed by atoms with van der Waals surface area (Å²) in [6.45, 7) is 1.78. The number of ether oxygens (including phenoxy) is 1. The van der Waals surface area contributed by atoms with Gasteiger partial charge in [0.1, 0.15) is 6.61 Å². The van der Waals surface area contributed by atoms with Gasteiger partial charge in [0.2, 0.25) is 5.90 Å². The lowest BCUT2D eigenvalue weighted by molar-refractivity contribution is 0.188. The second-order valence-electron chi connectivity index (χ2n) is 9.25. The van der Waals surface area contributed by atoms with Gasteiger partial charge in [0.15, 0.2) is 0 Å². The van der Waals surface area contributed by atoms with Crippen molar-refractivity contribution in [2.24, 2.45) is 10.9 Å². The van der Waals surface area contributed by atoms with E-state index < -0.39 is 0 Å². The molecule has 0 spiro atoms. The second-order valence-corrected chi connectivity index (χ2v) is 9.25. The van der Waals surface area contributed by atoms with Crippen molar-refractivity contribution in [2.75, 3.05) is 20.2 Å². The molecular formula is C27H31N3O. The molecule has 2 heterocycles. The quantitative estimate of drug-likeness (QED) is 0.708. The Bertz CT molecular complexity index is 1010. The first-order valence-electron chi connectivity index (χ1n) is 11.7. The lowest BCUT2D eigenvalue weighted by Crippen LogP contribution is -2.32. The molecule has 2 aliphatic carbocycles. The van der Waals surface area contributed by atoms with Crippen LogP contribution in [0.5, 0.6) is 0 Å². The third kappa shape index (κ3) is 4.12. The van der Waals surface area contributed by atoms with Crippen LogP contribution >= 0.6 is 0 Å². The van der Waals surface area contributed by atoms with E-state index in [4.69, 9.17) is 9.73 Å². The molecule has 0 saturated carbocycles. The first-order chi connectivity index (χ1) is 15.2. The Labute approximate surface area is 185 Å². The van der Waals surface area contributed by atoms with Crippen molar-refractivity contribution >= 4 is 11.5 Å². The average molecular weight is 414 g/mol. The van der Waals surface area contributed by atoms with Gasteiger partial charge in [-0.25, -0.2) is 4.99 Å². The third-order valence-corrected chi connectivity index (χ3v) is 7.24. The Balaban J connectivity index is 1.41. The number of likely N-dealkylation sites (tertiary alicyclic amines) is 1. The summed E-state index contributed by atoms with van der Waals surface area (Å²) in [5, 5.41) is 9.32. The van der Waals surface area contributed by atoms with Crippen LogP contribution in [0.2, 0.25) is 0 Å². The van der Waals surface area contributed by atoms with Crippen molar-refractivity contribution in [1.29, 1.82) is 5.26 Å². The first kappa shape index (κ1) is 20.3. The summed E-state index contributed by atoms with van der Waals surface area (Å²) in [4.78, 5) is 7.37. The number of aryl methyl sites for hydroxylation is 1. The van der Waals surface area contributed by atoms with Crippen LogP contribution in [-0.2, 0) is 17.6 Å². The standard InChI is InChI=1S/C27H31N3O/c1-30-15-5-8-23(30)18-31-27-22(13-14-28)16-21-12-11-20(17-26(21)29-27)25-10-4-7-19-6-2-3-9-24(19)25/h4,7,10-12,16-17,21,23,26H,2-3,5-6,8-9,13,15,18H2,1H3/t21?,23-,26?/m0/s1. The number of hydrogen-bond donors (Lipinski definition) is 0. The number of dihydropyridines is 1. The molecule has 4 nitrogen and oxygen atoms in total. The van der Waals surface area contributed by atoms with E-state index in [2.05, 4.69) is 60.5 Å². The molecular weight excluding hydrogens is 382 g/mol. The maximum atomic E-state index is 9.32. The molecule has 1 fully saturated rings. The van der Waals surface area contributed by atoms with Gasteiger partial charge < -0.3 is 9.64 Å². The smallest absolute Gasteiger partial charge is 0.213 e. The summed E-state index contributed by atoms with van der Waals surface area (Å²) >= 11 is 0. The maximum Gasteiger partial charge on any atom is 0.213 e. The zero-order valence-corrected chi connectivity index (χ0v) is 18.4. The number of allylic oxidation sites excluding steroid dienone is 2. The van der Waals surface area contributed by atoms with Crippen molar-refractivity contribution < 1.29 is 4.74 Å². The third-order valence-electron chi connectivity index (χ3n) is 7.24. The molecule has 1 aromatic carbocycles. The van der Waals surface area contributed by atoms with E-state index in [1.807, 2.05) is 0 Å². The number of rotatable bonds is 4. The fourth-order valence-electron chi connectivity index (χ4n) is 5.42. The van der Waals surface area contributed by atoms with Gasteiger partial charge in [-0.2, -0.15) is 5.26 Å². The monoisotopic (exact) mass is 413 g/mol. The van der Waals surface area contributed by atoms with Crippen LogP contribution < -0.4 is 0 Å². The lowest BCUT2D eigenvalue weighted by Gasteiger charge is -2.29. The number of nitrogens with zero attached hydrogens (tertiary/aromatic N) is 3. The topological polar surface area (TPSA) is 48.6 Å². The highest BCUT2D eigenvalue weighted by Gasteiger charge is 2.29. The van der Waals surface area contributed by atoms with Crippen LogP contribution in [0.15, 0.2) is 53.1 Å². The zero-order chi connectivity index (χ0) is 21.2. The highest BCUT2D eigenvalue weighted by Crippen LogP contribution is 2.35. The van der Waals surface area contributed by atoms with Crippen LogP contribution in [0.3, 0.4) is 0 Å². The number of benzene rings is 1. The van der Waals surface area contributed by atoms with E-state index in [-0.39, 0.29) is 12.0 Å². The molecule has 0 radical (unpaired) electrons. The summed E-state index contributed by atoms with van der Waals surface area (Å²) < 4.78 is 6.22. The zero-order valence-electron chi connectivity index (χ0n) is 18.4. The van der Waals surface area contributed by atoms with E-state index in [0.29, 0.717) is 25.0 Å². The summed E-state index contributed by atoms with van der Waals surface area (Å²) in [5.41, 5.74) is 6.60. The van der Waals surface area contributed by atoms with Gasteiger partial charge in [-0.05, 0) is 74.4 Å². The molecule has 0 N–H and O–H groups in total. The Morgan fingerprint density at radius 3 is 2.94 bits per heavy atom. The number of hydrogen-bond acceptors (Lipinski definition) is 4. The molecule has 2 unspecified atom stereocenters. The van der Waals surface area contributed by atoms with E-state index in [0.717, 1.165) is 12.1 Å². The molecule has 4 aliphatic rings. The van der Waals surface area contributed by atoms with Crippen molar-refractivity contribution in [2.45, 2.75) is 57.0 Å². The van der Waals surface area contributed by atoms with Crippen molar-refractivity contribution in [3.8, 4) is 6.07 Å². The number of nitriles is 1. The van der Waals surface area contributed by atoms with E-state index in [1.54, 1.807) is 0 Å². The molecule has 4 heteroatoms. The van der Waals surface area contributed by atoms with Crippen molar-refractivity contribution in [1.82, 2.24) is 4.90 Å². The fourth-order valence-corrected chi connectivity index (χ4v) is 5.42. The number of likely N-dealkylation sites (N-methyl/N-ethyl adjacent to an activating group) is 1. The SMILES string of the molecule is CN1CCC[C@H]1COC1=NC2C=C(c3cccc4c3CCCC4)C=CC2C=C1CC#N. The van der Waals surface area contributed by atoms with Crippen LogP contribution in [0.4, 0.5) is 0 Å². The normalized spacial score (nSPS) is 27.5. The molecule has 160 valence electrons. The Kier molecular flexibility index (Phi) is 5.78. The molecule has 5 rings (SSSR count). The summed E-state index contributed by atoms with van der Waals surface area (Å²) in [7, 11) is 2.16. The van der Waals surface area contributed by atoms with Crippen molar-refractivity contribution in [3.05, 3.63) is 64.8 Å². The van der Waals surface area contributed by atoms with Gasteiger partial charge >= 0.3 is 0 Å². The largest absolute Gasteiger partial charge is 0.476 e. The highest BCUT2D eigenvalue weighted by atomic mass is 16.5. The molecule has 31 heavy (non-hydrogen) atoms. The van der Waals surface area contributed by atoms with E-state index in [1.165, 1.54) is 60.8 Å². The summed E-state index contributed by atoms with van der Waals surface area (Å²) in [6.07, 6.45) is 16.7. The van der Waals surface area contributed by atoms with Crippen LogP contribution in [-0.4, -0.2) is 43.1 Å². The first-order valence-corrected chi connectivity index (χ1v) is 11.7. The van der Waals surface area contributed by atoms with Gasteiger partial charge in [-0.15, -0.1) is 0 Å². The van der Waals surface area contributed by atoms with E-state index >= 15 is 0 Å². The maximum absolute atomic E-state index is 9.32. The molecule has 0 bridgehead atoms. The molecule has 1 aromatic rings. The fraction of sp³-hybridized carbons (Fsp3) is 0.481. The average Bonchev–Trinajstić information content (AvgIpc) is 3.22. The predicted molar refractivity (Wildman–Crippen MR) is 125 cm³/mol. The minimum atomic E-state index is 0.0400. The molecule has 0 amide bonds. The molecule has 3 atom stereocenters. The van der Waals surface area contributed by atoms with Gasteiger partial charge in [0.05, 0.1) is 18.5 Å². The Morgan fingerprint density at radius 2 is 2.10 bits per heavy atom. The van der Waals surface area contributed by atoms with Gasteiger partial charge in [0, 0.05) is 17.5 Å². The Morgan fingerprint density at radius 1 is 1.19 bits per heavy atom. The lowest BCUT2D eigenvalue weighted by atomic mass is 9.81. The van der Waals surface area contributed by atoms with Crippen LogP contribution in [0, 0.1) is 17.2 Å². The molecule has 2 aliphatic heterocycles. The van der Waals surface area contributed by atoms with Gasteiger partial charge in [-0.1, -0.05) is 42.5 Å². The number of aliphatic imine (C=N–C) groups is 1. The van der Waals surface area contributed by atoms with Gasteiger partial charge in [0.25, 0.3) is 0 Å². The summed E-state index contributed by atoms with van der Waals surface area (Å²) in [5.74, 6) is 0.872. The van der Waals surface area contributed by atoms with Crippen molar-refractivity contribution in [3.63, 3.8) is 0 Å². The predicted octanol–water partition coefficient (Wildman–Crippen LogP) is 4.87. The van der Waals surface area contributed by atoms with E-state index in [9.17, 15) is 5.26 Å². The second kappa shape index (κ2) is 8.85. The van der Waals surface area contributed by atoms with Gasteiger partial charge in [-0.3, -0.25) is 0 Å². The minimum Gasteiger partial charge on any atom is -0.476 e. The molecule has 0 aromatic heterocycles. The summed E-state index contributed by atoms with van der Waals surface area (Å²) in [6, 6.07) is 9.52. The van der Waals surface area contributed by atoms with Crippen LogP contribution in [0.25, 0.3) is 5.57 Å². The minimum absolute atomic E-state index is 0.0400. The molecule has 1 saturated heterocycles. The Hall–Kier alpha value is -2.64.